The van der Waals surface area contributed by atoms with E-state index in [4.69, 9.17) is 0 Å². The van der Waals surface area contributed by atoms with Gasteiger partial charge >= 0.3 is 0 Å². The van der Waals surface area contributed by atoms with E-state index in [0.29, 0.717) is 11.8 Å². The van der Waals surface area contributed by atoms with Crippen molar-refractivity contribution < 1.29 is 4.79 Å². The summed E-state index contributed by atoms with van der Waals surface area (Å²) in [7, 11) is 0. The predicted octanol–water partition coefficient (Wildman–Crippen LogP) is 3.56. The summed E-state index contributed by atoms with van der Waals surface area (Å²) < 4.78 is 0. The molecule has 1 aromatic rings. The average molecular weight is 283 g/mol. The minimum absolute atomic E-state index is 0.192. The number of benzene rings is 1. The van der Waals surface area contributed by atoms with Gasteiger partial charge in [0.25, 0.3) is 0 Å². The summed E-state index contributed by atoms with van der Waals surface area (Å²) in [5.41, 5.74) is 1.56. The Kier molecular flexibility index (Phi) is 3.28. The summed E-state index contributed by atoms with van der Waals surface area (Å²) in [6, 6.07) is 10.1. The zero-order valence-corrected chi connectivity index (χ0v) is 12.7. The molecule has 0 spiro atoms. The summed E-state index contributed by atoms with van der Waals surface area (Å²) in [4.78, 5) is 12.2. The molecule has 5 rings (SSSR count). The van der Waals surface area contributed by atoms with Gasteiger partial charge in [-0.05, 0) is 67.3 Å². The van der Waals surface area contributed by atoms with Gasteiger partial charge in [-0.15, -0.1) is 0 Å². The quantitative estimate of drug-likeness (QED) is 0.899. The highest BCUT2D eigenvalue weighted by Gasteiger charge is 2.50. The first-order valence-corrected chi connectivity index (χ1v) is 8.51. The number of rotatable bonds is 4. The predicted molar refractivity (Wildman–Crippen MR) is 83.8 cm³/mol. The molecule has 112 valence electrons. The summed E-state index contributed by atoms with van der Waals surface area (Å²) in [5.74, 6) is 3.07. The molecule has 1 amide bonds. The Morgan fingerprint density at radius 3 is 2.14 bits per heavy atom. The second kappa shape index (κ2) is 5.15. The zero-order valence-electron chi connectivity index (χ0n) is 12.7. The van der Waals surface area contributed by atoms with Crippen molar-refractivity contribution in [3.63, 3.8) is 0 Å². The maximum atomic E-state index is 12.2. The van der Waals surface area contributed by atoms with Crippen molar-refractivity contribution >= 4 is 5.91 Å². The molecule has 4 bridgehead atoms. The fourth-order valence-corrected chi connectivity index (χ4v) is 5.64. The lowest BCUT2D eigenvalue weighted by Gasteiger charge is -2.56. The van der Waals surface area contributed by atoms with Crippen LogP contribution in [0.25, 0.3) is 0 Å². The number of amides is 1. The van der Waals surface area contributed by atoms with Crippen LogP contribution >= 0.6 is 0 Å². The largest absolute Gasteiger partial charge is 0.355 e. The van der Waals surface area contributed by atoms with Crippen LogP contribution in [0.1, 0.15) is 44.1 Å². The van der Waals surface area contributed by atoms with Crippen molar-refractivity contribution in [3.05, 3.63) is 35.9 Å². The fraction of sp³-hybridized carbons (Fsp3) is 0.632. The Balaban J connectivity index is 1.35. The van der Waals surface area contributed by atoms with Crippen LogP contribution in [0.4, 0.5) is 0 Å². The van der Waals surface area contributed by atoms with Gasteiger partial charge in [-0.25, -0.2) is 0 Å². The lowest BCUT2D eigenvalue weighted by atomic mass is 9.49. The molecule has 1 aromatic carbocycles. The third-order valence-corrected chi connectivity index (χ3v) is 6.03. The van der Waals surface area contributed by atoms with Gasteiger partial charge in [-0.3, -0.25) is 4.79 Å². The molecule has 0 aliphatic heterocycles. The number of nitrogens with one attached hydrogen (secondary N) is 1. The smallest absolute Gasteiger partial charge is 0.224 e. The molecule has 0 atom stereocenters. The molecular formula is C19H25NO. The second-order valence-electron chi connectivity index (χ2n) is 7.86. The maximum Gasteiger partial charge on any atom is 0.224 e. The number of hydrogen-bond acceptors (Lipinski definition) is 1. The third kappa shape index (κ3) is 2.73. The van der Waals surface area contributed by atoms with Gasteiger partial charge < -0.3 is 5.32 Å². The van der Waals surface area contributed by atoms with Gasteiger partial charge in [0.2, 0.25) is 5.91 Å². The molecule has 0 aromatic heterocycles. The SMILES string of the molecule is O=C(Cc1ccccc1)NCC12CC3CC(CC(C3)C1)C2. The Bertz CT molecular complexity index is 486. The van der Waals surface area contributed by atoms with Gasteiger partial charge in [0.1, 0.15) is 0 Å². The topological polar surface area (TPSA) is 29.1 Å². The zero-order chi connectivity index (χ0) is 14.3. The summed E-state index contributed by atoms with van der Waals surface area (Å²) in [6.07, 6.45) is 9.03. The van der Waals surface area contributed by atoms with Gasteiger partial charge in [0.15, 0.2) is 0 Å². The maximum absolute atomic E-state index is 12.2. The molecule has 2 heteroatoms. The van der Waals surface area contributed by atoms with Crippen LogP contribution in [0.2, 0.25) is 0 Å². The fourth-order valence-electron chi connectivity index (χ4n) is 5.64. The van der Waals surface area contributed by atoms with E-state index in [1.54, 1.807) is 0 Å². The summed E-state index contributed by atoms with van der Waals surface area (Å²) in [6.45, 7) is 0.919. The van der Waals surface area contributed by atoms with Crippen LogP contribution in [0, 0.1) is 23.2 Å². The van der Waals surface area contributed by atoms with Crippen LogP contribution in [0.5, 0.6) is 0 Å². The van der Waals surface area contributed by atoms with E-state index in [1.165, 1.54) is 38.5 Å². The molecule has 0 saturated heterocycles. The van der Waals surface area contributed by atoms with E-state index >= 15 is 0 Å². The molecule has 4 aliphatic rings. The van der Waals surface area contributed by atoms with E-state index in [-0.39, 0.29) is 5.91 Å². The minimum Gasteiger partial charge on any atom is -0.355 e. The van der Waals surface area contributed by atoms with E-state index < -0.39 is 0 Å². The number of carbonyl (C=O) groups is 1. The Morgan fingerprint density at radius 1 is 1.00 bits per heavy atom. The summed E-state index contributed by atoms with van der Waals surface area (Å²) in [5, 5.41) is 3.25. The molecule has 21 heavy (non-hydrogen) atoms. The van der Waals surface area contributed by atoms with Crippen molar-refractivity contribution in [2.24, 2.45) is 23.2 Å². The summed E-state index contributed by atoms with van der Waals surface area (Å²) >= 11 is 0. The monoisotopic (exact) mass is 283 g/mol. The first-order chi connectivity index (χ1) is 10.2. The van der Waals surface area contributed by atoms with E-state index in [0.717, 1.165) is 29.9 Å². The van der Waals surface area contributed by atoms with Crippen molar-refractivity contribution in [2.75, 3.05) is 6.54 Å². The molecule has 0 radical (unpaired) electrons. The lowest BCUT2D eigenvalue weighted by Crippen LogP contribution is -2.51. The first kappa shape index (κ1) is 13.4. The van der Waals surface area contributed by atoms with Gasteiger partial charge in [-0.1, -0.05) is 30.3 Å². The van der Waals surface area contributed by atoms with Crippen LogP contribution in [0.15, 0.2) is 30.3 Å². The number of carbonyl (C=O) groups excluding carboxylic acids is 1. The molecule has 0 heterocycles. The Morgan fingerprint density at radius 2 is 1.57 bits per heavy atom. The van der Waals surface area contributed by atoms with Crippen molar-refractivity contribution in [3.8, 4) is 0 Å². The third-order valence-electron chi connectivity index (χ3n) is 6.03. The van der Waals surface area contributed by atoms with Crippen LogP contribution in [-0.2, 0) is 11.2 Å². The standard InChI is InChI=1S/C19H25NO/c21-18(9-14-4-2-1-3-5-14)20-13-19-10-15-6-16(11-19)8-17(7-15)12-19/h1-5,15-17H,6-13H2,(H,20,21). The minimum atomic E-state index is 0.192. The van der Waals surface area contributed by atoms with Gasteiger partial charge in [0, 0.05) is 6.54 Å². The van der Waals surface area contributed by atoms with Crippen LogP contribution in [-0.4, -0.2) is 12.5 Å². The second-order valence-corrected chi connectivity index (χ2v) is 7.86. The lowest BCUT2D eigenvalue weighted by molar-refractivity contribution is -0.122. The first-order valence-electron chi connectivity index (χ1n) is 8.51. The molecule has 4 aliphatic carbocycles. The molecular weight excluding hydrogens is 258 g/mol. The van der Waals surface area contributed by atoms with Gasteiger partial charge in [-0.2, -0.15) is 0 Å². The van der Waals surface area contributed by atoms with Crippen molar-refractivity contribution in [1.29, 1.82) is 0 Å². The molecule has 4 saturated carbocycles. The molecule has 4 fully saturated rings. The average Bonchev–Trinajstić information content (AvgIpc) is 2.45. The Hall–Kier alpha value is -1.31. The molecule has 1 N–H and O–H groups in total. The highest BCUT2D eigenvalue weighted by atomic mass is 16.1. The Labute approximate surface area is 127 Å². The van der Waals surface area contributed by atoms with E-state index in [1.807, 2.05) is 30.3 Å². The highest BCUT2D eigenvalue weighted by Crippen LogP contribution is 2.59. The van der Waals surface area contributed by atoms with E-state index in [9.17, 15) is 4.79 Å². The highest BCUT2D eigenvalue weighted by molar-refractivity contribution is 5.78. The van der Waals surface area contributed by atoms with Crippen molar-refractivity contribution in [1.82, 2.24) is 5.32 Å². The normalized spacial score (nSPS) is 36.7. The van der Waals surface area contributed by atoms with E-state index in [2.05, 4.69) is 5.32 Å². The molecule has 2 nitrogen and oxygen atoms in total. The molecule has 0 unspecified atom stereocenters. The van der Waals surface area contributed by atoms with Crippen LogP contribution < -0.4 is 5.32 Å². The van der Waals surface area contributed by atoms with Crippen LogP contribution in [0.3, 0.4) is 0 Å². The van der Waals surface area contributed by atoms with Crippen molar-refractivity contribution in [2.45, 2.75) is 44.9 Å². The number of hydrogen-bond donors (Lipinski definition) is 1. The van der Waals surface area contributed by atoms with Gasteiger partial charge in [0.05, 0.1) is 6.42 Å².